The fourth-order valence-corrected chi connectivity index (χ4v) is 3.68. The molecule has 2 aliphatic rings. The molecule has 0 saturated heterocycles. The maximum atomic E-state index is 13.9. The molecule has 0 bridgehead atoms. The molecule has 4 N–H and O–H groups in total. The number of nitrogens with two attached hydrogens (primary N) is 1. The highest BCUT2D eigenvalue weighted by Gasteiger charge is 2.56. The number of rotatable bonds is 2. The zero-order chi connectivity index (χ0) is 13.7. The molecule has 104 valence electrons. The van der Waals surface area contributed by atoms with Gasteiger partial charge in [0.05, 0.1) is 5.60 Å². The first-order valence-corrected chi connectivity index (χ1v) is 6.91. The lowest BCUT2D eigenvalue weighted by Gasteiger charge is -2.37. The van der Waals surface area contributed by atoms with Gasteiger partial charge < -0.3 is 15.9 Å². The van der Waals surface area contributed by atoms with E-state index in [1.165, 1.54) is 18.2 Å². The molecular formula is C15H20FNO2. The maximum absolute atomic E-state index is 13.9. The summed E-state index contributed by atoms with van der Waals surface area (Å²) in [4.78, 5) is 0. The Morgan fingerprint density at radius 1 is 1.26 bits per heavy atom. The lowest BCUT2D eigenvalue weighted by molar-refractivity contribution is -0.0238. The van der Waals surface area contributed by atoms with Crippen LogP contribution in [0.25, 0.3) is 0 Å². The quantitative estimate of drug-likeness (QED) is 0.768. The molecule has 0 heterocycles. The highest BCUT2D eigenvalue weighted by atomic mass is 19.1. The summed E-state index contributed by atoms with van der Waals surface area (Å²) in [7, 11) is 0. The van der Waals surface area contributed by atoms with Gasteiger partial charge in [-0.25, -0.2) is 4.39 Å². The van der Waals surface area contributed by atoms with E-state index < -0.39 is 11.4 Å². The van der Waals surface area contributed by atoms with Crippen LogP contribution in [0.1, 0.15) is 37.7 Å². The summed E-state index contributed by atoms with van der Waals surface area (Å²) >= 11 is 0. The molecule has 2 aliphatic carbocycles. The van der Waals surface area contributed by atoms with Crippen LogP contribution >= 0.6 is 0 Å². The molecule has 1 atom stereocenters. The lowest BCUT2D eigenvalue weighted by Crippen LogP contribution is -2.34. The topological polar surface area (TPSA) is 66.5 Å². The van der Waals surface area contributed by atoms with Crippen LogP contribution in [-0.2, 0) is 5.60 Å². The molecule has 3 nitrogen and oxygen atoms in total. The van der Waals surface area contributed by atoms with Crippen LogP contribution < -0.4 is 5.73 Å². The second-order valence-corrected chi connectivity index (χ2v) is 6.19. The third-order valence-electron chi connectivity index (χ3n) is 5.17. The highest BCUT2D eigenvalue weighted by molar-refractivity contribution is 5.33. The van der Waals surface area contributed by atoms with Crippen molar-refractivity contribution < 1.29 is 14.6 Å². The van der Waals surface area contributed by atoms with Crippen LogP contribution in [0.2, 0.25) is 0 Å². The normalized spacial score (nSPS) is 37.5. The molecule has 1 aromatic rings. The second-order valence-electron chi connectivity index (χ2n) is 6.19. The summed E-state index contributed by atoms with van der Waals surface area (Å²) in [6, 6.07) is 3.87. The summed E-state index contributed by atoms with van der Waals surface area (Å²) in [5, 5.41) is 20.2. The van der Waals surface area contributed by atoms with Crippen LogP contribution in [0.15, 0.2) is 18.2 Å². The predicted molar refractivity (Wildman–Crippen MR) is 70.0 cm³/mol. The Kier molecular flexibility index (Phi) is 2.84. The van der Waals surface area contributed by atoms with Gasteiger partial charge in [0.1, 0.15) is 11.6 Å². The second kappa shape index (κ2) is 4.18. The first-order valence-electron chi connectivity index (χ1n) is 6.91. The number of halogens is 1. The van der Waals surface area contributed by atoms with Gasteiger partial charge in [-0.05, 0) is 68.2 Å². The average molecular weight is 265 g/mol. The van der Waals surface area contributed by atoms with Crippen molar-refractivity contribution in [1.82, 2.24) is 0 Å². The molecule has 0 aliphatic heterocycles. The maximum Gasteiger partial charge on any atom is 0.129 e. The fraction of sp³-hybridized carbons (Fsp3) is 0.600. The molecule has 0 radical (unpaired) electrons. The van der Waals surface area contributed by atoms with Crippen LogP contribution in [0, 0.1) is 17.2 Å². The van der Waals surface area contributed by atoms with E-state index >= 15 is 0 Å². The smallest absolute Gasteiger partial charge is 0.129 e. The zero-order valence-electron chi connectivity index (χ0n) is 10.9. The van der Waals surface area contributed by atoms with Crippen LogP contribution in [0.5, 0.6) is 5.75 Å². The molecule has 2 saturated carbocycles. The van der Waals surface area contributed by atoms with Crippen LogP contribution in [0.3, 0.4) is 0 Å². The SMILES string of the molecule is NCC1CC12CCC(O)(c1cc(O)ccc1F)CC2. The Morgan fingerprint density at radius 3 is 2.53 bits per heavy atom. The molecule has 3 rings (SSSR count). The van der Waals surface area contributed by atoms with Crippen molar-refractivity contribution in [1.29, 1.82) is 0 Å². The summed E-state index contributed by atoms with van der Waals surface area (Å²) in [6.07, 6.45) is 4.01. The molecule has 19 heavy (non-hydrogen) atoms. The third kappa shape index (κ3) is 2.03. The third-order valence-corrected chi connectivity index (χ3v) is 5.17. The van der Waals surface area contributed by atoms with Crippen molar-refractivity contribution in [3.05, 3.63) is 29.6 Å². The lowest BCUT2D eigenvalue weighted by atomic mass is 9.72. The molecule has 1 aromatic carbocycles. The van der Waals surface area contributed by atoms with Crippen molar-refractivity contribution in [2.75, 3.05) is 6.54 Å². The van der Waals surface area contributed by atoms with E-state index in [2.05, 4.69) is 0 Å². The first-order chi connectivity index (χ1) is 8.99. The summed E-state index contributed by atoms with van der Waals surface area (Å²) < 4.78 is 13.9. The minimum Gasteiger partial charge on any atom is -0.508 e. The van der Waals surface area contributed by atoms with Crippen molar-refractivity contribution in [3.8, 4) is 5.75 Å². The zero-order valence-corrected chi connectivity index (χ0v) is 10.9. The number of hydrogen-bond acceptors (Lipinski definition) is 3. The Labute approximate surface area is 112 Å². The Morgan fingerprint density at radius 2 is 1.95 bits per heavy atom. The number of phenolic OH excluding ortho intramolecular Hbond substituents is 1. The fourth-order valence-electron chi connectivity index (χ4n) is 3.68. The Hall–Kier alpha value is -1.13. The summed E-state index contributed by atoms with van der Waals surface area (Å²) in [6.45, 7) is 0.707. The van der Waals surface area contributed by atoms with Crippen LogP contribution in [-0.4, -0.2) is 16.8 Å². The standard InChI is InChI=1S/C15H20FNO2/c16-13-2-1-11(18)7-12(13)15(19)5-3-14(4-6-15)8-10(14)9-17/h1-2,7,10,18-19H,3-6,8-9,17H2. The van der Waals surface area contributed by atoms with Gasteiger partial charge in [0.15, 0.2) is 0 Å². The van der Waals surface area contributed by atoms with Gasteiger partial charge >= 0.3 is 0 Å². The number of hydrogen-bond donors (Lipinski definition) is 3. The van der Waals surface area contributed by atoms with Crippen molar-refractivity contribution in [2.24, 2.45) is 17.1 Å². The number of benzene rings is 1. The first kappa shape index (κ1) is 12.9. The van der Waals surface area contributed by atoms with Gasteiger partial charge in [0, 0.05) is 5.56 Å². The number of phenols is 1. The monoisotopic (exact) mass is 265 g/mol. The number of aromatic hydroxyl groups is 1. The molecule has 1 spiro atoms. The van der Waals surface area contributed by atoms with E-state index in [1.54, 1.807) is 0 Å². The average Bonchev–Trinajstić information content (AvgIpc) is 3.10. The summed E-state index contributed by atoms with van der Waals surface area (Å²) in [5.74, 6) is 0.130. The van der Waals surface area contributed by atoms with Gasteiger partial charge in [-0.15, -0.1) is 0 Å². The van der Waals surface area contributed by atoms with Gasteiger partial charge in [0.2, 0.25) is 0 Å². The van der Waals surface area contributed by atoms with E-state index in [-0.39, 0.29) is 11.3 Å². The highest BCUT2D eigenvalue weighted by Crippen LogP contribution is 2.63. The van der Waals surface area contributed by atoms with Gasteiger partial charge in [0.25, 0.3) is 0 Å². The molecule has 1 unspecified atom stereocenters. The van der Waals surface area contributed by atoms with Gasteiger partial charge in [-0.3, -0.25) is 0 Å². The molecule has 0 amide bonds. The van der Waals surface area contributed by atoms with Gasteiger partial charge in [-0.1, -0.05) is 0 Å². The predicted octanol–water partition coefficient (Wildman–Crippen LogP) is 2.26. The largest absolute Gasteiger partial charge is 0.508 e. The molecule has 2 fully saturated rings. The molecule has 4 heteroatoms. The van der Waals surface area contributed by atoms with Crippen molar-refractivity contribution in [2.45, 2.75) is 37.7 Å². The van der Waals surface area contributed by atoms with E-state index in [4.69, 9.17) is 5.73 Å². The molecule has 0 aromatic heterocycles. The van der Waals surface area contributed by atoms with E-state index in [0.29, 0.717) is 30.7 Å². The Bertz CT molecular complexity index is 495. The van der Waals surface area contributed by atoms with Crippen LogP contribution in [0.4, 0.5) is 4.39 Å². The molecular weight excluding hydrogens is 245 g/mol. The van der Waals surface area contributed by atoms with E-state index in [0.717, 1.165) is 19.3 Å². The minimum atomic E-state index is -1.14. The summed E-state index contributed by atoms with van der Waals surface area (Å²) in [5.41, 5.74) is 5.09. The van der Waals surface area contributed by atoms with E-state index in [1.807, 2.05) is 0 Å². The number of aliphatic hydroxyl groups is 1. The van der Waals surface area contributed by atoms with Crippen molar-refractivity contribution >= 4 is 0 Å². The van der Waals surface area contributed by atoms with Crippen molar-refractivity contribution in [3.63, 3.8) is 0 Å². The van der Waals surface area contributed by atoms with E-state index in [9.17, 15) is 14.6 Å². The van der Waals surface area contributed by atoms with Gasteiger partial charge in [-0.2, -0.15) is 0 Å². The Balaban J connectivity index is 1.80. The minimum absolute atomic E-state index is 0.00336.